The van der Waals surface area contributed by atoms with Crippen LogP contribution < -0.4 is 10.6 Å². The highest BCUT2D eigenvalue weighted by Crippen LogP contribution is 2.33. The molecule has 4 nitrogen and oxygen atoms in total. The number of carbonyl (C=O) groups is 1. The van der Waals surface area contributed by atoms with E-state index in [1.165, 1.54) is 11.8 Å². The molecule has 3 aromatic carbocycles. The Kier molecular flexibility index (Phi) is 7.50. The van der Waals surface area contributed by atoms with E-state index >= 15 is 0 Å². The quantitative estimate of drug-likeness (QED) is 0.317. The van der Waals surface area contributed by atoms with Gasteiger partial charge in [-0.2, -0.15) is 5.26 Å². The fourth-order valence-electron chi connectivity index (χ4n) is 2.65. The van der Waals surface area contributed by atoms with Crippen LogP contribution in [0.2, 0.25) is 0 Å². The molecule has 0 atom stereocenters. The molecule has 3 aromatic rings. The first-order valence-electron chi connectivity index (χ1n) is 9.27. The van der Waals surface area contributed by atoms with Crippen LogP contribution in [-0.2, 0) is 11.2 Å². The van der Waals surface area contributed by atoms with Crippen molar-refractivity contribution in [3.05, 3.63) is 102 Å². The summed E-state index contributed by atoms with van der Waals surface area (Å²) >= 11 is 1.56. The molecule has 29 heavy (non-hydrogen) atoms. The number of hydrogen-bond acceptors (Lipinski definition) is 4. The van der Waals surface area contributed by atoms with Crippen molar-refractivity contribution in [2.45, 2.75) is 16.2 Å². The summed E-state index contributed by atoms with van der Waals surface area (Å²) in [5.41, 5.74) is 1.91. The first-order valence-corrected chi connectivity index (χ1v) is 10.1. The third-order valence-corrected chi connectivity index (χ3v) is 5.20. The molecular formula is C24H21N3OS. The number of para-hydroxylation sites is 1. The molecule has 0 unspecified atom stereocenters. The summed E-state index contributed by atoms with van der Waals surface area (Å²) in [6.07, 6.45) is 2.29. The van der Waals surface area contributed by atoms with Gasteiger partial charge in [-0.1, -0.05) is 72.4 Å². The number of nitrogens with one attached hydrogen (secondary N) is 2. The molecule has 0 saturated heterocycles. The lowest BCUT2D eigenvalue weighted by Gasteiger charge is -2.10. The molecule has 0 aliphatic carbocycles. The Morgan fingerprint density at radius 3 is 2.31 bits per heavy atom. The van der Waals surface area contributed by atoms with E-state index in [9.17, 15) is 10.1 Å². The van der Waals surface area contributed by atoms with Crippen molar-refractivity contribution in [1.82, 2.24) is 5.32 Å². The zero-order valence-corrected chi connectivity index (χ0v) is 16.7. The highest BCUT2D eigenvalue weighted by Gasteiger charge is 2.12. The Morgan fingerprint density at radius 1 is 0.931 bits per heavy atom. The van der Waals surface area contributed by atoms with Crippen LogP contribution in [0.3, 0.4) is 0 Å². The number of rotatable bonds is 8. The zero-order chi connectivity index (χ0) is 20.3. The second kappa shape index (κ2) is 10.7. The minimum atomic E-state index is -0.430. The van der Waals surface area contributed by atoms with E-state index < -0.39 is 5.91 Å². The van der Waals surface area contributed by atoms with E-state index in [-0.39, 0.29) is 5.57 Å². The molecule has 0 aromatic heterocycles. The lowest BCUT2D eigenvalue weighted by Crippen LogP contribution is -2.18. The van der Waals surface area contributed by atoms with Crippen LogP contribution in [0.1, 0.15) is 5.56 Å². The average molecular weight is 400 g/mol. The van der Waals surface area contributed by atoms with Gasteiger partial charge in [-0.15, -0.1) is 0 Å². The van der Waals surface area contributed by atoms with Crippen LogP contribution in [0.25, 0.3) is 0 Å². The second-order valence-corrected chi connectivity index (χ2v) is 7.34. The number of anilines is 1. The number of carbonyl (C=O) groups excluding carboxylic acids is 1. The number of nitrogens with zero attached hydrogens (tertiary/aromatic N) is 1. The summed E-state index contributed by atoms with van der Waals surface area (Å²) in [4.78, 5) is 14.6. The van der Waals surface area contributed by atoms with E-state index in [1.807, 2.05) is 91.0 Å². The van der Waals surface area contributed by atoms with Gasteiger partial charge >= 0.3 is 0 Å². The molecule has 3 rings (SSSR count). The topological polar surface area (TPSA) is 64.9 Å². The molecule has 0 spiro atoms. The van der Waals surface area contributed by atoms with E-state index in [0.717, 1.165) is 16.2 Å². The lowest BCUT2D eigenvalue weighted by atomic mass is 10.1. The maximum atomic E-state index is 12.6. The molecule has 2 N–H and O–H groups in total. The van der Waals surface area contributed by atoms with E-state index in [1.54, 1.807) is 11.8 Å². The molecule has 0 fully saturated rings. The van der Waals surface area contributed by atoms with Gasteiger partial charge in [0.2, 0.25) is 0 Å². The molecule has 144 valence electrons. The maximum absolute atomic E-state index is 12.6. The van der Waals surface area contributed by atoms with Gasteiger partial charge in [0.1, 0.15) is 11.6 Å². The molecule has 0 radical (unpaired) electrons. The SMILES string of the molecule is N#C/C(=C/NCCc1ccccc1)C(=O)Nc1ccccc1Sc1ccccc1. The maximum Gasteiger partial charge on any atom is 0.267 e. The molecule has 5 heteroatoms. The zero-order valence-electron chi connectivity index (χ0n) is 15.8. The van der Waals surface area contributed by atoms with Crippen molar-refractivity contribution < 1.29 is 4.79 Å². The predicted molar refractivity (Wildman–Crippen MR) is 117 cm³/mol. The Morgan fingerprint density at radius 2 is 1.59 bits per heavy atom. The molecule has 0 bridgehead atoms. The van der Waals surface area contributed by atoms with Crippen molar-refractivity contribution >= 4 is 23.4 Å². The predicted octanol–water partition coefficient (Wildman–Crippen LogP) is 5.02. The fourth-order valence-corrected chi connectivity index (χ4v) is 3.57. The average Bonchev–Trinajstić information content (AvgIpc) is 2.76. The summed E-state index contributed by atoms with van der Waals surface area (Å²) < 4.78 is 0. The first-order chi connectivity index (χ1) is 14.3. The van der Waals surface area contributed by atoms with Crippen molar-refractivity contribution in [1.29, 1.82) is 5.26 Å². The van der Waals surface area contributed by atoms with Gasteiger partial charge in [0.15, 0.2) is 0 Å². The number of amides is 1. The lowest BCUT2D eigenvalue weighted by molar-refractivity contribution is -0.112. The van der Waals surface area contributed by atoms with Crippen LogP contribution in [0.5, 0.6) is 0 Å². The van der Waals surface area contributed by atoms with Crippen LogP contribution in [0.15, 0.2) is 106 Å². The molecule has 0 aliphatic rings. The standard InChI is InChI=1S/C24H21N3OS/c25-17-20(18-26-16-15-19-9-3-1-4-10-19)24(28)27-22-13-7-8-14-23(22)29-21-11-5-2-6-12-21/h1-14,18,26H,15-16H2,(H,27,28)/b20-18-. The Bertz CT molecular complexity index is 1010. The van der Waals surface area contributed by atoms with E-state index in [0.29, 0.717) is 12.2 Å². The van der Waals surface area contributed by atoms with Crippen LogP contribution >= 0.6 is 11.8 Å². The summed E-state index contributed by atoms with van der Waals surface area (Å²) in [6, 6.07) is 29.5. The summed E-state index contributed by atoms with van der Waals surface area (Å²) in [5.74, 6) is -0.430. The number of benzene rings is 3. The Hall–Kier alpha value is -3.49. The van der Waals surface area contributed by atoms with Crippen LogP contribution in [0.4, 0.5) is 5.69 Å². The van der Waals surface area contributed by atoms with Gasteiger partial charge in [0.25, 0.3) is 5.91 Å². The third-order valence-electron chi connectivity index (χ3n) is 4.12. The largest absolute Gasteiger partial charge is 0.389 e. The van der Waals surface area contributed by atoms with Gasteiger partial charge in [-0.3, -0.25) is 4.79 Å². The van der Waals surface area contributed by atoms with Gasteiger partial charge in [-0.05, 0) is 36.2 Å². The fraction of sp³-hybridized carbons (Fsp3) is 0.0833. The Balaban J connectivity index is 1.61. The van der Waals surface area contributed by atoms with Crippen molar-refractivity contribution in [3.8, 4) is 6.07 Å². The van der Waals surface area contributed by atoms with E-state index in [4.69, 9.17) is 0 Å². The van der Waals surface area contributed by atoms with Gasteiger partial charge < -0.3 is 10.6 Å². The van der Waals surface area contributed by atoms with Crippen molar-refractivity contribution in [2.24, 2.45) is 0 Å². The molecule has 0 heterocycles. The van der Waals surface area contributed by atoms with Gasteiger partial charge in [0.05, 0.1) is 5.69 Å². The normalized spacial score (nSPS) is 10.8. The molecule has 1 amide bonds. The highest BCUT2D eigenvalue weighted by molar-refractivity contribution is 7.99. The second-order valence-electron chi connectivity index (χ2n) is 6.22. The van der Waals surface area contributed by atoms with Gasteiger partial charge in [0, 0.05) is 22.5 Å². The van der Waals surface area contributed by atoms with E-state index in [2.05, 4.69) is 10.6 Å². The number of hydrogen-bond donors (Lipinski definition) is 2. The summed E-state index contributed by atoms with van der Waals surface area (Å²) in [7, 11) is 0. The molecular weight excluding hydrogens is 378 g/mol. The number of nitriles is 1. The summed E-state index contributed by atoms with van der Waals surface area (Å²) in [6.45, 7) is 0.642. The third kappa shape index (κ3) is 6.27. The smallest absolute Gasteiger partial charge is 0.267 e. The Labute approximate surface area is 175 Å². The van der Waals surface area contributed by atoms with Crippen LogP contribution in [0, 0.1) is 11.3 Å². The monoisotopic (exact) mass is 399 g/mol. The van der Waals surface area contributed by atoms with Crippen molar-refractivity contribution in [2.75, 3.05) is 11.9 Å². The molecule has 0 aliphatic heterocycles. The summed E-state index contributed by atoms with van der Waals surface area (Å²) in [5, 5.41) is 15.3. The minimum Gasteiger partial charge on any atom is -0.389 e. The van der Waals surface area contributed by atoms with Crippen LogP contribution in [-0.4, -0.2) is 12.5 Å². The minimum absolute atomic E-state index is 0.0394. The first kappa shape index (κ1) is 20.2. The van der Waals surface area contributed by atoms with Crippen molar-refractivity contribution in [3.63, 3.8) is 0 Å². The van der Waals surface area contributed by atoms with Gasteiger partial charge in [-0.25, -0.2) is 0 Å². The molecule has 0 saturated carbocycles. The highest BCUT2D eigenvalue weighted by atomic mass is 32.2.